The molecule has 10 heteroatoms. The number of aromatic nitrogens is 3. The lowest BCUT2D eigenvalue weighted by Gasteiger charge is -2.17. The number of nitrogens with one attached hydrogen (secondary N) is 2. The molecule has 10 nitrogen and oxygen atoms in total. The van der Waals surface area contributed by atoms with E-state index in [1.165, 1.54) is 0 Å². The molecule has 0 radical (unpaired) electrons. The number of methoxy groups -OCH3 is 5. The van der Waals surface area contributed by atoms with E-state index in [-0.39, 0.29) is 0 Å². The van der Waals surface area contributed by atoms with E-state index in [9.17, 15) is 0 Å². The molecular formula is C28H27N5O5. The Bertz CT molecular complexity index is 1600. The van der Waals surface area contributed by atoms with E-state index in [0.29, 0.717) is 62.9 Å². The number of hydrogen-bond donors (Lipinski definition) is 2. The van der Waals surface area contributed by atoms with E-state index in [1.807, 2.05) is 36.4 Å². The maximum Gasteiger partial charge on any atom is 0.230 e. The molecule has 0 aliphatic heterocycles. The monoisotopic (exact) mass is 513 g/mol. The molecular weight excluding hydrogens is 486 g/mol. The summed E-state index contributed by atoms with van der Waals surface area (Å²) in [6.45, 7) is 0. The minimum absolute atomic E-state index is 0.350. The first-order chi connectivity index (χ1) is 18.6. The fourth-order valence-electron chi connectivity index (χ4n) is 4.22. The number of pyridine rings is 1. The molecule has 3 aromatic carbocycles. The van der Waals surface area contributed by atoms with Crippen molar-refractivity contribution in [3.63, 3.8) is 0 Å². The molecule has 194 valence electrons. The standard InChI is InChI=1S/C28H27N5O5/c1-34-21-14-19-20(15-22(21)35-2)31-28(32-26-18-9-7-6-8-16(18)10-11-29-26)33-27(19)30-17-12-23(36-3)25(38-5)24(13-17)37-4/h6-15H,1-5H3,(H2,29,30,31,32,33). The Morgan fingerprint density at radius 1 is 0.605 bits per heavy atom. The summed E-state index contributed by atoms with van der Waals surface area (Å²) >= 11 is 0. The van der Waals surface area contributed by atoms with Gasteiger partial charge in [-0.2, -0.15) is 4.98 Å². The van der Waals surface area contributed by atoms with Crippen LogP contribution < -0.4 is 34.3 Å². The number of nitrogens with zero attached hydrogens (tertiary/aromatic N) is 3. The van der Waals surface area contributed by atoms with Gasteiger partial charge in [0.1, 0.15) is 11.6 Å². The highest BCUT2D eigenvalue weighted by molar-refractivity contribution is 5.96. The first kappa shape index (κ1) is 24.7. The zero-order valence-corrected chi connectivity index (χ0v) is 21.7. The Hall–Kier alpha value is -4.99. The molecule has 0 atom stereocenters. The third-order valence-electron chi connectivity index (χ3n) is 6.03. The van der Waals surface area contributed by atoms with Crippen LogP contribution in [0.1, 0.15) is 0 Å². The van der Waals surface area contributed by atoms with E-state index in [2.05, 4.69) is 15.6 Å². The molecule has 0 saturated heterocycles. The smallest absolute Gasteiger partial charge is 0.230 e. The molecule has 2 N–H and O–H groups in total. The van der Waals surface area contributed by atoms with Crippen LogP contribution in [0.4, 0.5) is 23.3 Å². The molecule has 5 rings (SSSR count). The molecule has 0 aliphatic carbocycles. The van der Waals surface area contributed by atoms with Crippen molar-refractivity contribution in [3.05, 3.63) is 60.8 Å². The maximum atomic E-state index is 5.54. The topological polar surface area (TPSA) is 109 Å². The molecule has 38 heavy (non-hydrogen) atoms. The van der Waals surface area contributed by atoms with Gasteiger partial charge in [-0.25, -0.2) is 9.97 Å². The van der Waals surface area contributed by atoms with E-state index in [0.717, 1.165) is 10.8 Å². The molecule has 0 aliphatic rings. The summed E-state index contributed by atoms with van der Waals surface area (Å²) in [6, 6.07) is 17.2. The fraction of sp³-hybridized carbons (Fsp3) is 0.179. The van der Waals surface area contributed by atoms with Gasteiger partial charge >= 0.3 is 0 Å². The quantitative estimate of drug-likeness (QED) is 0.254. The highest BCUT2D eigenvalue weighted by Crippen LogP contribution is 2.42. The summed E-state index contributed by atoms with van der Waals surface area (Å²) in [5.41, 5.74) is 1.30. The van der Waals surface area contributed by atoms with E-state index in [4.69, 9.17) is 33.7 Å². The summed E-state index contributed by atoms with van der Waals surface area (Å²) in [5.74, 6) is 4.11. The van der Waals surface area contributed by atoms with Crippen molar-refractivity contribution in [2.75, 3.05) is 46.2 Å². The van der Waals surface area contributed by atoms with Crippen LogP contribution in [-0.2, 0) is 0 Å². The van der Waals surface area contributed by atoms with Gasteiger partial charge < -0.3 is 34.3 Å². The van der Waals surface area contributed by atoms with Crippen molar-refractivity contribution in [1.29, 1.82) is 0 Å². The first-order valence-electron chi connectivity index (χ1n) is 11.7. The van der Waals surface area contributed by atoms with Crippen molar-refractivity contribution < 1.29 is 23.7 Å². The molecule has 2 heterocycles. The van der Waals surface area contributed by atoms with Crippen molar-refractivity contribution >= 4 is 44.9 Å². The molecule has 5 aromatic rings. The lowest BCUT2D eigenvalue weighted by atomic mass is 10.1. The number of ether oxygens (including phenoxy) is 5. The van der Waals surface area contributed by atoms with E-state index < -0.39 is 0 Å². The zero-order valence-electron chi connectivity index (χ0n) is 21.7. The maximum absolute atomic E-state index is 5.54. The lowest BCUT2D eigenvalue weighted by molar-refractivity contribution is 0.324. The number of anilines is 4. The molecule has 0 bridgehead atoms. The highest BCUT2D eigenvalue weighted by atomic mass is 16.5. The van der Waals surface area contributed by atoms with Gasteiger partial charge in [-0.1, -0.05) is 24.3 Å². The second-order valence-electron chi connectivity index (χ2n) is 8.16. The normalized spacial score (nSPS) is 10.8. The molecule has 0 amide bonds. The lowest BCUT2D eigenvalue weighted by Crippen LogP contribution is -2.05. The average Bonchev–Trinajstić information content (AvgIpc) is 2.96. The minimum atomic E-state index is 0.350. The van der Waals surface area contributed by atoms with Crippen molar-refractivity contribution in [1.82, 2.24) is 15.0 Å². The number of fused-ring (bicyclic) bond motifs is 2. The Morgan fingerprint density at radius 3 is 1.97 bits per heavy atom. The largest absolute Gasteiger partial charge is 0.493 e. The Morgan fingerprint density at radius 2 is 1.29 bits per heavy atom. The van der Waals surface area contributed by atoms with Gasteiger partial charge in [-0.05, 0) is 17.5 Å². The predicted octanol–water partition coefficient (Wildman–Crippen LogP) is 5.71. The van der Waals surface area contributed by atoms with Gasteiger partial charge in [-0.15, -0.1) is 0 Å². The van der Waals surface area contributed by atoms with Crippen molar-refractivity contribution in [3.8, 4) is 28.7 Å². The van der Waals surface area contributed by atoms with Gasteiger partial charge in [-0.3, -0.25) is 0 Å². The third-order valence-corrected chi connectivity index (χ3v) is 6.03. The highest BCUT2D eigenvalue weighted by Gasteiger charge is 2.17. The van der Waals surface area contributed by atoms with Crippen LogP contribution in [0.15, 0.2) is 60.8 Å². The first-order valence-corrected chi connectivity index (χ1v) is 11.7. The van der Waals surface area contributed by atoms with Crippen LogP contribution in [0.3, 0.4) is 0 Å². The van der Waals surface area contributed by atoms with Crippen LogP contribution in [-0.4, -0.2) is 50.5 Å². The predicted molar refractivity (Wildman–Crippen MR) is 147 cm³/mol. The molecule has 0 fully saturated rings. The number of benzene rings is 3. The minimum Gasteiger partial charge on any atom is -0.493 e. The molecule has 0 unspecified atom stereocenters. The van der Waals surface area contributed by atoms with Crippen molar-refractivity contribution in [2.45, 2.75) is 0 Å². The summed E-state index contributed by atoms with van der Waals surface area (Å²) in [5, 5.41) is 9.37. The van der Waals surface area contributed by atoms with E-state index >= 15 is 0 Å². The second kappa shape index (κ2) is 10.6. The average molecular weight is 514 g/mol. The zero-order chi connectivity index (χ0) is 26.6. The Balaban J connectivity index is 1.66. The Kier molecular flexibility index (Phi) is 6.86. The summed E-state index contributed by atoms with van der Waals surface area (Å²) in [4.78, 5) is 14.1. The van der Waals surface area contributed by atoms with Gasteiger partial charge in [0.05, 0.1) is 41.1 Å². The third kappa shape index (κ3) is 4.59. The van der Waals surface area contributed by atoms with Crippen LogP contribution in [0.5, 0.6) is 28.7 Å². The van der Waals surface area contributed by atoms with E-state index in [1.54, 1.807) is 59.9 Å². The van der Waals surface area contributed by atoms with Gasteiger partial charge in [0.2, 0.25) is 11.7 Å². The Labute approximate surface area is 219 Å². The van der Waals surface area contributed by atoms with Gasteiger partial charge in [0.15, 0.2) is 23.0 Å². The molecule has 0 saturated carbocycles. The molecule has 0 spiro atoms. The molecule has 2 aromatic heterocycles. The van der Waals surface area contributed by atoms with Crippen LogP contribution in [0, 0.1) is 0 Å². The number of rotatable bonds is 9. The van der Waals surface area contributed by atoms with Crippen LogP contribution in [0.2, 0.25) is 0 Å². The SMILES string of the molecule is COc1cc2nc(Nc3nccc4ccccc34)nc(Nc3cc(OC)c(OC)c(OC)c3)c2cc1OC. The summed E-state index contributed by atoms with van der Waals surface area (Å²) in [6.07, 6.45) is 1.74. The van der Waals surface area contributed by atoms with Crippen LogP contribution >= 0.6 is 0 Å². The van der Waals surface area contributed by atoms with Gasteiger partial charge in [0, 0.05) is 40.9 Å². The summed E-state index contributed by atoms with van der Waals surface area (Å²) in [7, 11) is 7.86. The number of hydrogen-bond acceptors (Lipinski definition) is 10. The second-order valence-corrected chi connectivity index (χ2v) is 8.16. The summed E-state index contributed by atoms with van der Waals surface area (Å²) < 4.78 is 27.6. The van der Waals surface area contributed by atoms with Gasteiger partial charge in [0.25, 0.3) is 0 Å². The van der Waals surface area contributed by atoms with Crippen molar-refractivity contribution in [2.24, 2.45) is 0 Å². The fourth-order valence-corrected chi connectivity index (χ4v) is 4.22. The van der Waals surface area contributed by atoms with Crippen LogP contribution in [0.25, 0.3) is 21.7 Å².